The number of carbonyl (C=O) groups is 2. The molecular formula is C22H25ClN4O3. The molecular weight excluding hydrogens is 404 g/mol. The normalized spacial score (nSPS) is 17.2. The molecule has 8 heteroatoms. The second-order valence-corrected chi connectivity index (χ2v) is 7.87. The van der Waals surface area contributed by atoms with Crippen molar-refractivity contribution in [3.8, 4) is 0 Å². The molecule has 7 nitrogen and oxygen atoms in total. The number of carbonyl (C=O) groups excluding carboxylic acids is 2. The molecule has 158 valence electrons. The highest BCUT2D eigenvalue weighted by atomic mass is 35.5. The summed E-state index contributed by atoms with van der Waals surface area (Å²) >= 11 is 6.47. The van der Waals surface area contributed by atoms with E-state index in [1.54, 1.807) is 17.2 Å². The lowest BCUT2D eigenvalue weighted by atomic mass is 10.1. The van der Waals surface area contributed by atoms with E-state index in [0.29, 0.717) is 75.3 Å². The van der Waals surface area contributed by atoms with Crippen LogP contribution < -0.4 is 4.90 Å². The van der Waals surface area contributed by atoms with E-state index >= 15 is 0 Å². The summed E-state index contributed by atoms with van der Waals surface area (Å²) < 4.78 is 5.30. The first-order valence-electron chi connectivity index (χ1n) is 10.2. The number of morpholine rings is 1. The van der Waals surface area contributed by atoms with Gasteiger partial charge in [-0.2, -0.15) is 0 Å². The summed E-state index contributed by atoms with van der Waals surface area (Å²) in [6, 6.07) is 11.5. The lowest BCUT2D eigenvalue weighted by Gasteiger charge is -2.36. The monoisotopic (exact) mass is 428 g/mol. The van der Waals surface area contributed by atoms with E-state index in [9.17, 15) is 9.59 Å². The van der Waals surface area contributed by atoms with Crippen molar-refractivity contribution in [3.05, 3.63) is 58.7 Å². The van der Waals surface area contributed by atoms with Crippen molar-refractivity contribution in [3.63, 3.8) is 0 Å². The summed E-state index contributed by atoms with van der Waals surface area (Å²) in [6.45, 7) is 4.83. The maximum atomic E-state index is 12.6. The fourth-order valence-electron chi connectivity index (χ4n) is 3.78. The maximum Gasteiger partial charge on any atom is 0.255 e. The molecule has 2 aromatic rings. The largest absolute Gasteiger partial charge is 0.378 e. The van der Waals surface area contributed by atoms with Crippen LogP contribution >= 0.6 is 11.6 Å². The Morgan fingerprint density at radius 3 is 2.33 bits per heavy atom. The van der Waals surface area contributed by atoms with E-state index in [-0.39, 0.29) is 11.8 Å². The van der Waals surface area contributed by atoms with Gasteiger partial charge in [-0.3, -0.25) is 9.59 Å². The number of hydrogen-bond acceptors (Lipinski definition) is 5. The number of rotatable bonds is 4. The number of nitrogens with zero attached hydrogens (tertiary/aromatic N) is 4. The second kappa shape index (κ2) is 9.45. The Hall–Kier alpha value is -2.64. The zero-order valence-electron chi connectivity index (χ0n) is 16.8. The highest BCUT2D eigenvalue weighted by Crippen LogP contribution is 2.26. The molecule has 2 saturated heterocycles. The van der Waals surface area contributed by atoms with Gasteiger partial charge in [-0.15, -0.1) is 0 Å². The van der Waals surface area contributed by atoms with Crippen molar-refractivity contribution >= 4 is 29.2 Å². The Bertz CT molecular complexity index is 895. The highest BCUT2D eigenvalue weighted by Gasteiger charge is 2.25. The average molecular weight is 429 g/mol. The molecule has 2 amide bonds. The summed E-state index contributed by atoms with van der Waals surface area (Å²) in [5, 5.41) is 0.457. The van der Waals surface area contributed by atoms with Crippen LogP contribution in [0.25, 0.3) is 0 Å². The van der Waals surface area contributed by atoms with Crippen LogP contribution in [0.1, 0.15) is 15.9 Å². The number of anilines is 1. The van der Waals surface area contributed by atoms with Gasteiger partial charge in [0.05, 0.1) is 30.2 Å². The molecule has 1 aromatic carbocycles. The third-order valence-corrected chi connectivity index (χ3v) is 5.78. The van der Waals surface area contributed by atoms with Gasteiger partial charge in [0.1, 0.15) is 5.82 Å². The third-order valence-electron chi connectivity index (χ3n) is 5.50. The van der Waals surface area contributed by atoms with Crippen molar-refractivity contribution in [2.45, 2.75) is 6.42 Å². The lowest BCUT2D eigenvalue weighted by Crippen LogP contribution is -2.49. The van der Waals surface area contributed by atoms with Crippen molar-refractivity contribution in [2.75, 3.05) is 57.4 Å². The molecule has 4 rings (SSSR count). The summed E-state index contributed by atoms with van der Waals surface area (Å²) in [5.41, 5.74) is 1.51. The molecule has 0 radical (unpaired) electrons. The van der Waals surface area contributed by atoms with Crippen LogP contribution in [-0.4, -0.2) is 79.1 Å². The quantitative estimate of drug-likeness (QED) is 0.746. The lowest BCUT2D eigenvalue weighted by molar-refractivity contribution is -0.130. The third kappa shape index (κ3) is 4.74. The summed E-state index contributed by atoms with van der Waals surface area (Å²) in [4.78, 5) is 35.4. The molecule has 0 bridgehead atoms. The zero-order valence-corrected chi connectivity index (χ0v) is 17.6. The van der Waals surface area contributed by atoms with Crippen molar-refractivity contribution in [2.24, 2.45) is 0 Å². The van der Waals surface area contributed by atoms with Gasteiger partial charge in [0.25, 0.3) is 5.91 Å². The van der Waals surface area contributed by atoms with Crippen LogP contribution in [0.5, 0.6) is 0 Å². The molecule has 2 aliphatic heterocycles. The maximum absolute atomic E-state index is 12.6. The average Bonchev–Trinajstić information content (AvgIpc) is 2.80. The van der Waals surface area contributed by atoms with Crippen LogP contribution in [0.3, 0.4) is 0 Å². The van der Waals surface area contributed by atoms with E-state index in [2.05, 4.69) is 9.88 Å². The number of benzene rings is 1. The summed E-state index contributed by atoms with van der Waals surface area (Å²) in [6.07, 6.45) is 2.00. The highest BCUT2D eigenvalue weighted by molar-refractivity contribution is 6.33. The Morgan fingerprint density at radius 1 is 0.967 bits per heavy atom. The van der Waals surface area contributed by atoms with Crippen molar-refractivity contribution in [1.82, 2.24) is 14.8 Å². The van der Waals surface area contributed by atoms with Gasteiger partial charge in [0.2, 0.25) is 5.91 Å². The summed E-state index contributed by atoms with van der Waals surface area (Å²) in [7, 11) is 0. The number of piperazine rings is 1. The van der Waals surface area contributed by atoms with Crippen LogP contribution in [0.15, 0.2) is 42.6 Å². The summed E-state index contributed by atoms with van der Waals surface area (Å²) in [5.74, 6) is 0.715. The van der Waals surface area contributed by atoms with Gasteiger partial charge in [-0.1, -0.05) is 41.9 Å². The number of aromatic nitrogens is 1. The molecule has 2 fully saturated rings. The van der Waals surface area contributed by atoms with E-state index in [1.807, 2.05) is 35.2 Å². The Labute approximate surface area is 181 Å². The van der Waals surface area contributed by atoms with E-state index < -0.39 is 0 Å². The SMILES string of the molecule is O=C(Cc1ccccc1)N1CCN(c2ncc(C(=O)N3CCOCC3)cc2Cl)CC1. The van der Waals surface area contributed by atoms with Gasteiger partial charge in [-0.25, -0.2) is 4.98 Å². The Morgan fingerprint density at radius 2 is 1.67 bits per heavy atom. The number of pyridine rings is 1. The number of amides is 2. The fourth-order valence-corrected chi connectivity index (χ4v) is 4.07. The van der Waals surface area contributed by atoms with Gasteiger partial charge in [0, 0.05) is 45.5 Å². The molecule has 0 aliphatic carbocycles. The number of hydrogen-bond donors (Lipinski definition) is 0. The van der Waals surface area contributed by atoms with Crippen LogP contribution in [-0.2, 0) is 16.0 Å². The molecule has 0 unspecified atom stereocenters. The molecule has 3 heterocycles. The van der Waals surface area contributed by atoms with Crippen LogP contribution in [0.2, 0.25) is 5.02 Å². The topological polar surface area (TPSA) is 66.0 Å². The molecule has 0 spiro atoms. The number of ether oxygens (including phenoxy) is 1. The molecule has 1 aromatic heterocycles. The Balaban J connectivity index is 1.35. The minimum absolute atomic E-state index is 0.0735. The number of halogens is 1. The van der Waals surface area contributed by atoms with E-state index in [4.69, 9.17) is 16.3 Å². The van der Waals surface area contributed by atoms with Crippen molar-refractivity contribution in [1.29, 1.82) is 0 Å². The first-order valence-corrected chi connectivity index (χ1v) is 10.6. The molecule has 2 aliphatic rings. The predicted molar refractivity (Wildman–Crippen MR) is 115 cm³/mol. The van der Waals surface area contributed by atoms with E-state index in [1.165, 1.54) is 0 Å². The standard InChI is InChI=1S/C22H25ClN4O3/c23-19-15-18(22(29)27-10-12-30-13-11-27)16-24-21(19)26-8-6-25(7-9-26)20(28)14-17-4-2-1-3-5-17/h1-5,15-16H,6-14H2. The van der Waals surface area contributed by atoms with Gasteiger partial charge in [0.15, 0.2) is 0 Å². The zero-order chi connectivity index (χ0) is 20.9. The molecule has 30 heavy (non-hydrogen) atoms. The molecule has 0 N–H and O–H groups in total. The van der Waals surface area contributed by atoms with E-state index in [0.717, 1.165) is 5.56 Å². The minimum Gasteiger partial charge on any atom is -0.378 e. The van der Waals surface area contributed by atoms with Gasteiger partial charge >= 0.3 is 0 Å². The first kappa shape index (κ1) is 20.6. The molecule has 0 atom stereocenters. The minimum atomic E-state index is -0.0735. The van der Waals surface area contributed by atoms with Crippen molar-refractivity contribution < 1.29 is 14.3 Å². The predicted octanol–water partition coefficient (Wildman–Crippen LogP) is 2.10. The van der Waals surface area contributed by atoms with Crippen LogP contribution in [0, 0.1) is 0 Å². The smallest absolute Gasteiger partial charge is 0.255 e. The van der Waals surface area contributed by atoms with Crippen LogP contribution in [0.4, 0.5) is 5.82 Å². The second-order valence-electron chi connectivity index (χ2n) is 7.46. The van der Waals surface area contributed by atoms with Gasteiger partial charge < -0.3 is 19.4 Å². The molecule has 0 saturated carbocycles. The Kier molecular flexibility index (Phi) is 6.50. The first-order chi connectivity index (χ1) is 14.6. The van der Waals surface area contributed by atoms with Gasteiger partial charge in [-0.05, 0) is 11.6 Å². The fraction of sp³-hybridized carbons (Fsp3) is 0.409.